The maximum Gasteiger partial charge on any atom is 0.416 e. The van der Waals surface area contributed by atoms with Gasteiger partial charge in [0.15, 0.2) is 5.82 Å². The van der Waals surface area contributed by atoms with Crippen LogP contribution in [0.5, 0.6) is 0 Å². The van der Waals surface area contributed by atoms with Crippen LogP contribution in [0.1, 0.15) is 27.3 Å². The van der Waals surface area contributed by atoms with E-state index in [1.165, 1.54) is 22.9 Å². The number of amides is 3. The van der Waals surface area contributed by atoms with E-state index in [2.05, 4.69) is 20.9 Å². The van der Waals surface area contributed by atoms with Gasteiger partial charge in [0.25, 0.3) is 5.91 Å². The van der Waals surface area contributed by atoms with Gasteiger partial charge in [-0.25, -0.2) is 9.78 Å². The molecule has 0 atom stereocenters. The lowest BCUT2D eigenvalue weighted by Gasteiger charge is -2.10. The molecule has 0 unspecified atom stereocenters. The van der Waals surface area contributed by atoms with Crippen molar-refractivity contribution in [2.45, 2.75) is 19.6 Å². The fraction of sp³-hybridized carbons (Fsp3) is 0.227. The number of aryl methyl sites for hydroxylation is 1. The topological polar surface area (TPSA) is 88.0 Å². The Balaban J connectivity index is 1.80. The lowest BCUT2D eigenvalue weighted by molar-refractivity contribution is -0.137. The van der Waals surface area contributed by atoms with Crippen molar-refractivity contribution in [3.05, 3.63) is 76.2 Å². The maximum absolute atomic E-state index is 12.8. The van der Waals surface area contributed by atoms with Crippen molar-refractivity contribution in [3.8, 4) is 0 Å². The summed E-state index contributed by atoms with van der Waals surface area (Å²) < 4.78 is 39.9. The largest absolute Gasteiger partial charge is 0.416 e. The van der Waals surface area contributed by atoms with Crippen molar-refractivity contribution in [1.29, 1.82) is 0 Å². The third kappa shape index (κ3) is 6.64. The number of benzene rings is 2. The van der Waals surface area contributed by atoms with Gasteiger partial charge in [0.05, 0.1) is 5.56 Å². The van der Waals surface area contributed by atoms with Gasteiger partial charge >= 0.3 is 12.2 Å². The van der Waals surface area contributed by atoms with E-state index in [0.29, 0.717) is 16.3 Å². The number of hydrogen-bond donors (Lipinski definition) is 3. The summed E-state index contributed by atoms with van der Waals surface area (Å²) in [5, 5.41) is 8.32. The Hall–Kier alpha value is -3.24. The highest BCUT2D eigenvalue weighted by atomic mass is 35.5. The van der Waals surface area contributed by atoms with Crippen LogP contribution in [0.3, 0.4) is 0 Å². The molecule has 2 aromatic carbocycles. The summed E-state index contributed by atoms with van der Waals surface area (Å²) in [5.41, 5.74) is 1.01. The van der Waals surface area contributed by atoms with E-state index in [9.17, 15) is 22.8 Å². The normalized spacial score (nSPS) is 11.2. The van der Waals surface area contributed by atoms with E-state index >= 15 is 0 Å². The average Bonchev–Trinajstić information content (AvgIpc) is 3.15. The lowest BCUT2D eigenvalue weighted by Crippen LogP contribution is -2.28. The van der Waals surface area contributed by atoms with Crippen LogP contribution in [0, 0.1) is 6.92 Å². The number of alkyl halides is 4. The number of carbonyl (C=O) groups is 2. The minimum Gasteiger partial charge on any atom is -0.348 e. The molecular weight excluding hydrogens is 494 g/mol. The second kappa shape index (κ2) is 10.8. The van der Waals surface area contributed by atoms with Gasteiger partial charge in [-0.05, 0) is 48.4 Å². The summed E-state index contributed by atoms with van der Waals surface area (Å²) in [6.45, 7) is 2.01. The van der Waals surface area contributed by atoms with E-state index in [-0.39, 0.29) is 30.6 Å². The molecule has 0 radical (unpaired) electrons. The van der Waals surface area contributed by atoms with Gasteiger partial charge in [-0.1, -0.05) is 23.7 Å². The van der Waals surface area contributed by atoms with Gasteiger partial charge in [-0.3, -0.25) is 10.1 Å². The van der Waals surface area contributed by atoms with Crippen molar-refractivity contribution < 1.29 is 22.8 Å². The van der Waals surface area contributed by atoms with Gasteiger partial charge in [0.2, 0.25) is 5.82 Å². The minimum absolute atomic E-state index is 0.0389. The van der Waals surface area contributed by atoms with Crippen molar-refractivity contribution in [2.24, 2.45) is 0 Å². The molecule has 0 aliphatic rings. The lowest BCUT2D eigenvalue weighted by atomic mass is 10.1. The summed E-state index contributed by atoms with van der Waals surface area (Å²) in [7, 11) is 0. The van der Waals surface area contributed by atoms with Crippen LogP contribution in [0.15, 0.2) is 48.7 Å². The van der Waals surface area contributed by atoms with Gasteiger partial charge in [0.1, 0.15) is 0 Å². The molecule has 1 aromatic heterocycles. The Morgan fingerprint density at radius 2 is 1.79 bits per heavy atom. The zero-order chi connectivity index (χ0) is 24.9. The zero-order valence-electron chi connectivity index (χ0n) is 17.8. The Morgan fingerprint density at radius 3 is 2.41 bits per heavy atom. The molecule has 3 N–H and O–H groups in total. The van der Waals surface area contributed by atoms with Crippen LogP contribution >= 0.6 is 23.2 Å². The highest BCUT2D eigenvalue weighted by Crippen LogP contribution is 2.29. The second-order valence-corrected chi connectivity index (χ2v) is 8.07. The summed E-state index contributed by atoms with van der Waals surface area (Å²) in [5.74, 6) is -0.330. The van der Waals surface area contributed by atoms with E-state index in [0.717, 1.165) is 17.7 Å². The quantitative estimate of drug-likeness (QED) is 0.363. The number of carbonyl (C=O) groups excluding carboxylic acids is 2. The minimum atomic E-state index is -4.45. The van der Waals surface area contributed by atoms with E-state index in [4.69, 9.17) is 23.2 Å². The highest BCUT2D eigenvalue weighted by molar-refractivity contribution is 6.30. The molecule has 12 heteroatoms. The van der Waals surface area contributed by atoms with Crippen LogP contribution in [0.2, 0.25) is 5.02 Å². The number of hydrogen-bond acceptors (Lipinski definition) is 3. The number of anilines is 2. The first kappa shape index (κ1) is 25.4. The molecule has 180 valence electrons. The Morgan fingerprint density at radius 1 is 1.09 bits per heavy atom. The molecule has 0 aliphatic heterocycles. The van der Waals surface area contributed by atoms with E-state index in [1.807, 2.05) is 0 Å². The summed E-state index contributed by atoms with van der Waals surface area (Å²) in [4.78, 5) is 29.1. The number of aromatic nitrogens is 2. The third-order valence-corrected chi connectivity index (χ3v) is 5.10. The number of rotatable bonds is 7. The molecule has 0 saturated heterocycles. The van der Waals surface area contributed by atoms with E-state index < -0.39 is 23.7 Å². The SMILES string of the molecule is Cc1cc(Cl)ccc1NC(=O)Nc1cn(Cc2ccc(C(F)(F)F)cc2)c(C(=O)NCCCl)n1. The second-order valence-electron chi connectivity index (χ2n) is 7.26. The van der Waals surface area contributed by atoms with Gasteiger partial charge in [-0.2, -0.15) is 13.2 Å². The van der Waals surface area contributed by atoms with Gasteiger partial charge in [-0.15, -0.1) is 11.6 Å². The van der Waals surface area contributed by atoms with Gasteiger partial charge < -0.3 is 15.2 Å². The van der Waals surface area contributed by atoms with Crippen molar-refractivity contribution in [2.75, 3.05) is 23.1 Å². The molecule has 1 heterocycles. The smallest absolute Gasteiger partial charge is 0.348 e. The summed E-state index contributed by atoms with van der Waals surface area (Å²) >= 11 is 11.5. The van der Waals surface area contributed by atoms with Crippen LogP contribution in [-0.2, 0) is 12.7 Å². The molecule has 0 saturated carbocycles. The predicted octanol–water partition coefficient (Wildman–Crippen LogP) is 5.52. The first-order chi connectivity index (χ1) is 16.1. The van der Waals surface area contributed by atoms with Gasteiger partial charge in [0, 0.05) is 35.9 Å². The molecule has 7 nitrogen and oxygen atoms in total. The van der Waals surface area contributed by atoms with Crippen LogP contribution in [0.4, 0.5) is 29.5 Å². The van der Waals surface area contributed by atoms with Crippen LogP contribution in [-0.4, -0.2) is 33.9 Å². The predicted molar refractivity (Wildman–Crippen MR) is 125 cm³/mol. The number of halogens is 5. The van der Waals surface area contributed by atoms with Crippen LogP contribution in [0.25, 0.3) is 0 Å². The van der Waals surface area contributed by atoms with Crippen LogP contribution < -0.4 is 16.0 Å². The Labute approximate surface area is 203 Å². The summed E-state index contributed by atoms with van der Waals surface area (Å²) in [6.07, 6.45) is -3.03. The van der Waals surface area contributed by atoms with Crippen molar-refractivity contribution in [3.63, 3.8) is 0 Å². The molecule has 0 spiro atoms. The zero-order valence-corrected chi connectivity index (χ0v) is 19.4. The number of urea groups is 1. The molecular formula is C22H20Cl2F3N5O2. The fourth-order valence-electron chi connectivity index (χ4n) is 3.05. The molecule has 34 heavy (non-hydrogen) atoms. The molecule has 3 rings (SSSR count). The monoisotopic (exact) mass is 513 g/mol. The third-order valence-electron chi connectivity index (χ3n) is 4.67. The molecule has 0 bridgehead atoms. The number of imidazole rings is 1. The Kier molecular flexibility index (Phi) is 8.06. The molecule has 3 aromatic rings. The summed E-state index contributed by atoms with van der Waals surface area (Å²) in [6, 6.07) is 8.90. The first-order valence-corrected chi connectivity index (χ1v) is 10.9. The highest BCUT2D eigenvalue weighted by Gasteiger charge is 2.30. The average molecular weight is 514 g/mol. The van der Waals surface area contributed by atoms with Crippen molar-refractivity contribution in [1.82, 2.24) is 14.9 Å². The molecule has 0 aliphatic carbocycles. The van der Waals surface area contributed by atoms with E-state index in [1.54, 1.807) is 25.1 Å². The number of nitrogens with zero attached hydrogens (tertiary/aromatic N) is 2. The maximum atomic E-state index is 12.8. The number of nitrogens with one attached hydrogen (secondary N) is 3. The molecule has 3 amide bonds. The van der Waals surface area contributed by atoms with Crippen molar-refractivity contribution >= 4 is 46.6 Å². The fourth-order valence-corrected chi connectivity index (χ4v) is 3.37. The molecule has 0 fully saturated rings. The Bertz CT molecular complexity index is 1180. The standard InChI is InChI=1S/C22H20Cl2F3N5O2/c1-13-10-16(24)6-7-17(13)29-21(34)31-18-12-32(19(30-18)20(33)28-9-8-23)11-14-2-4-15(5-3-14)22(25,26)27/h2-7,10,12H,8-9,11H2,1H3,(H,28,33)(H2,29,31,34). The first-order valence-electron chi connectivity index (χ1n) is 9.98.